The number of aliphatic hydroxyl groups excluding tert-OH is 1. The molecule has 9 heteroatoms. The second-order valence-electron chi connectivity index (χ2n) is 6.53. The fourth-order valence-corrected chi connectivity index (χ4v) is 3.02. The summed E-state index contributed by atoms with van der Waals surface area (Å²) >= 11 is 0. The summed E-state index contributed by atoms with van der Waals surface area (Å²) in [6, 6.07) is 7.69. The minimum Gasteiger partial charge on any atom is -0.491 e. The molecule has 9 nitrogen and oxygen atoms in total. The van der Waals surface area contributed by atoms with Gasteiger partial charge in [0, 0.05) is 13.6 Å². The molecule has 0 radical (unpaired) electrons. The average molecular weight is 387 g/mol. The largest absolute Gasteiger partial charge is 0.491 e. The van der Waals surface area contributed by atoms with Gasteiger partial charge in [-0.25, -0.2) is 4.79 Å². The van der Waals surface area contributed by atoms with E-state index in [0.29, 0.717) is 18.2 Å². The molecule has 0 bridgehead atoms. The Morgan fingerprint density at radius 2 is 2.11 bits per heavy atom. The van der Waals surface area contributed by atoms with Crippen LogP contribution in [-0.2, 0) is 20.0 Å². The van der Waals surface area contributed by atoms with E-state index < -0.39 is 17.4 Å². The minimum atomic E-state index is -0.878. The first-order valence-corrected chi connectivity index (χ1v) is 9.27. The Balaban J connectivity index is 1.86. The van der Waals surface area contributed by atoms with Crippen LogP contribution < -0.4 is 21.3 Å². The van der Waals surface area contributed by atoms with Gasteiger partial charge in [-0.2, -0.15) is 4.98 Å². The number of nitrogens with one attached hydrogen (secondary N) is 2. The number of aromatic nitrogens is 4. The molecule has 28 heavy (non-hydrogen) atoms. The van der Waals surface area contributed by atoms with Crippen LogP contribution in [0.1, 0.15) is 19.4 Å². The molecule has 3 aromatic rings. The molecule has 0 aliphatic heterocycles. The first-order valence-electron chi connectivity index (χ1n) is 9.27. The predicted octanol–water partition coefficient (Wildman–Crippen LogP) is 0.857. The van der Waals surface area contributed by atoms with Gasteiger partial charge >= 0.3 is 5.69 Å². The van der Waals surface area contributed by atoms with Crippen LogP contribution in [0.15, 0.2) is 33.9 Å². The Bertz CT molecular complexity index is 1080. The van der Waals surface area contributed by atoms with E-state index in [1.54, 1.807) is 4.57 Å². The Morgan fingerprint density at radius 1 is 1.32 bits per heavy atom. The van der Waals surface area contributed by atoms with E-state index >= 15 is 0 Å². The van der Waals surface area contributed by atoms with Crippen LogP contribution in [-0.4, -0.2) is 43.5 Å². The quantitative estimate of drug-likeness (QED) is 0.528. The van der Waals surface area contributed by atoms with Crippen LogP contribution in [0.4, 0.5) is 5.95 Å². The van der Waals surface area contributed by atoms with Gasteiger partial charge in [0.15, 0.2) is 11.2 Å². The number of aliphatic hydroxyl groups is 1. The molecule has 3 rings (SSSR count). The first kappa shape index (κ1) is 19.7. The van der Waals surface area contributed by atoms with Crippen molar-refractivity contribution in [3.05, 3.63) is 50.7 Å². The van der Waals surface area contributed by atoms with E-state index in [-0.39, 0.29) is 24.3 Å². The standard InChI is InChI=1S/C19H25N5O4/c1-4-12-7-6-8-14(9-12)28-11-13(25)10-24-15-16(21-18(24)20-5-2)23(3)19(27)22-17(15)26/h6-9,13,25H,4-5,10-11H2,1-3H3,(H,20,21)(H,22,26,27)/t13-/m0/s1. The number of rotatable bonds is 8. The third kappa shape index (κ3) is 3.94. The molecule has 0 saturated heterocycles. The van der Waals surface area contributed by atoms with Crippen molar-refractivity contribution < 1.29 is 9.84 Å². The van der Waals surface area contributed by atoms with Gasteiger partial charge in [-0.15, -0.1) is 0 Å². The maximum atomic E-state index is 12.4. The number of nitrogens with zero attached hydrogens (tertiary/aromatic N) is 3. The first-order chi connectivity index (χ1) is 13.4. The van der Waals surface area contributed by atoms with Gasteiger partial charge < -0.3 is 19.7 Å². The molecule has 0 unspecified atom stereocenters. The normalized spacial score (nSPS) is 12.3. The summed E-state index contributed by atoms with van der Waals surface area (Å²) in [6.07, 6.45) is 0.0191. The lowest BCUT2D eigenvalue weighted by Crippen LogP contribution is -2.31. The number of ether oxygens (including phenoxy) is 1. The maximum absolute atomic E-state index is 12.4. The van der Waals surface area contributed by atoms with Crippen LogP contribution in [0.2, 0.25) is 0 Å². The topological polar surface area (TPSA) is 114 Å². The fourth-order valence-electron chi connectivity index (χ4n) is 3.02. The van der Waals surface area contributed by atoms with Gasteiger partial charge in [-0.3, -0.25) is 14.3 Å². The van der Waals surface area contributed by atoms with Crippen molar-refractivity contribution in [3.63, 3.8) is 0 Å². The molecule has 0 aliphatic rings. The zero-order valence-corrected chi connectivity index (χ0v) is 16.2. The molecule has 0 amide bonds. The van der Waals surface area contributed by atoms with Gasteiger partial charge in [0.25, 0.3) is 5.56 Å². The number of aryl methyl sites for hydroxylation is 2. The van der Waals surface area contributed by atoms with Gasteiger partial charge in [0.1, 0.15) is 18.5 Å². The fraction of sp³-hybridized carbons (Fsp3) is 0.421. The third-order valence-corrected chi connectivity index (χ3v) is 4.48. The number of H-pyrrole nitrogens is 1. The van der Waals surface area contributed by atoms with Gasteiger partial charge in [0.05, 0.1) is 6.54 Å². The molecular weight excluding hydrogens is 362 g/mol. The van der Waals surface area contributed by atoms with Crippen molar-refractivity contribution >= 4 is 17.1 Å². The van der Waals surface area contributed by atoms with Crippen LogP contribution >= 0.6 is 0 Å². The summed E-state index contributed by atoms with van der Waals surface area (Å²) < 4.78 is 8.55. The highest BCUT2D eigenvalue weighted by molar-refractivity contribution is 5.74. The molecule has 0 aliphatic carbocycles. The van der Waals surface area contributed by atoms with Crippen LogP contribution in [0.25, 0.3) is 11.2 Å². The lowest BCUT2D eigenvalue weighted by atomic mass is 10.2. The molecule has 0 saturated carbocycles. The van der Waals surface area contributed by atoms with Crippen LogP contribution in [0.5, 0.6) is 5.75 Å². The summed E-state index contributed by atoms with van der Waals surface area (Å²) in [7, 11) is 1.54. The number of anilines is 1. The summed E-state index contributed by atoms with van der Waals surface area (Å²) in [4.78, 5) is 30.8. The Kier molecular flexibility index (Phi) is 5.84. The van der Waals surface area contributed by atoms with E-state index in [2.05, 4.69) is 22.2 Å². The van der Waals surface area contributed by atoms with Crippen molar-refractivity contribution in [3.8, 4) is 5.75 Å². The molecule has 150 valence electrons. The van der Waals surface area contributed by atoms with Gasteiger partial charge in [0.2, 0.25) is 5.95 Å². The number of fused-ring (bicyclic) bond motifs is 1. The van der Waals surface area contributed by atoms with Gasteiger partial charge in [-0.05, 0) is 31.0 Å². The Hall–Kier alpha value is -3.07. The number of benzene rings is 1. The second-order valence-corrected chi connectivity index (χ2v) is 6.53. The number of hydrogen-bond donors (Lipinski definition) is 3. The summed E-state index contributed by atoms with van der Waals surface area (Å²) in [5, 5.41) is 13.6. The van der Waals surface area contributed by atoms with E-state index in [0.717, 1.165) is 12.0 Å². The zero-order valence-electron chi connectivity index (χ0n) is 16.2. The summed E-state index contributed by atoms with van der Waals surface area (Å²) in [5.41, 5.74) is 0.552. The highest BCUT2D eigenvalue weighted by Gasteiger charge is 2.19. The summed E-state index contributed by atoms with van der Waals surface area (Å²) in [6.45, 7) is 4.68. The van der Waals surface area contributed by atoms with E-state index in [9.17, 15) is 14.7 Å². The highest BCUT2D eigenvalue weighted by Crippen LogP contribution is 2.17. The SMILES string of the molecule is CCNc1nc2c(c(=O)[nH]c(=O)n2C)n1C[C@H](O)COc1cccc(CC)c1. The molecule has 1 atom stereocenters. The van der Waals surface area contributed by atoms with E-state index in [1.165, 1.54) is 11.6 Å². The Labute approximate surface area is 161 Å². The average Bonchev–Trinajstić information content (AvgIpc) is 3.04. The van der Waals surface area contributed by atoms with Crippen LogP contribution in [0, 0.1) is 0 Å². The summed E-state index contributed by atoms with van der Waals surface area (Å²) in [5.74, 6) is 1.09. The van der Waals surface area contributed by atoms with Crippen molar-refractivity contribution in [2.45, 2.75) is 32.9 Å². The highest BCUT2D eigenvalue weighted by atomic mass is 16.5. The number of hydrogen-bond acceptors (Lipinski definition) is 6. The van der Waals surface area contributed by atoms with Crippen molar-refractivity contribution in [2.75, 3.05) is 18.5 Å². The monoisotopic (exact) mass is 387 g/mol. The van der Waals surface area contributed by atoms with Crippen molar-refractivity contribution in [1.29, 1.82) is 0 Å². The van der Waals surface area contributed by atoms with E-state index in [1.807, 2.05) is 31.2 Å². The second kappa shape index (κ2) is 8.30. The Morgan fingerprint density at radius 3 is 2.82 bits per heavy atom. The maximum Gasteiger partial charge on any atom is 0.329 e. The number of aromatic amines is 1. The molecular formula is C19H25N5O4. The molecule has 0 spiro atoms. The van der Waals surface area contributed by atoms with E-state index in [4.69, 9.17) is 4.74 Å². The minimum absolute atomic E-state index is 0.0576. The molecule has 3 N–H and O–H groups in total. The molecule has 0 fully saturated rings. The third-order valence-electron chi connectivity index (χ3n) is 4.48. The number of imidazole rings is 1. The van der Waals surface area contributed by atoms with Crippen molar-refractivity contribution in [2.24, 2.45) is 7.05 Å². The lowest BCUT2D eigenvalue weighted by molar-refractivity contribution is 0.0938. The van der Waals surface area contributed by atoms with Crippen LogP contribution in [0.3, 0.4) is 0 Å². The zero-order chi connectivity index (χ0) is 20.3. The smallest absolute Gasteiger partial charge is 0.329 e. The lowest BCUT2D eigenvalue weighted by Gasteiger charge is -2.16. The predicted molar refractivity (Wildman–Crippen MR) is 107 cm³/mol. The molecule has 2 heterocycles. The van der Waals surface area contributed by atoms with Gasteiger partial charge in [-0.1, -0.05) is 19.1 Å². The molecule has 1 aromatic carbocycles. The van der Waals surface area contributed by atoms with Crippen molar-refractivity contribution in [1.82, 2.24) is 19.1 Å². The molecule has 2 aromatic heterocycles.